The molecule has 1 aromatic rings. The molecule has 0 bridgehead atoms. The first-order valence-corrected chi connectivity index (χ1v) is 5.94. The minimum atomic E-state index is 0.313. The standard InChI is InChI=1S/C11H16N4S/c1-15(8-4-2-3-5-8)11-9(10(12)16)13-6-7-14-11/h6-8H,2-5H2,1H3,(H2,12,16). The zero-order valence-corrected chi connectivity index (χ0v) is 10.2. The molecule has 1 aromatic heterocycles. The molecule has 1 aliphatic carbocycles. The highest BCUT2D eigenvalue weighted by atomic mass is 32.1. The van der Waals surface area contributed by atoms with Crippen molar-refractivity contribution in [2.45, 2.75) is 31.7 Å². The summed E-state index contributed by atoms with van der Waals surface area (Å²) in [7, 11) is 2.04. The van der Waals surface area contributed by atoms with Crippen molar-refractivity contribution >= 4 is 23.0 Å². The lowest BCUT2D eigenvalue weighted by molar-refractivity contribution is 0.644. The fourth-order valence-electron chi connectivity index (χ4n) is 2.23. The summed E-state index contributed by atoms with van der Waals surface area (Å²) in [5, 5.41) is 0. The van der Waals surface area contributed by atoms with Crippen LogP contribution in [-0.4, -0.2) is 28.0 Å². The first kappa shape index (κ1) is 11.3. The Morgan fingerprint density at radius 1 is 1.38 bits per heavy atom. The molecular formula is C11H16N4S. The molecule has 0 saturated heterocycles. The monoisotopic (exact) mass is 236 g/mol. The smallest absolute Gasteiger partial charge is 0.157 e. The summed E-state index contributed by atoms with van der Waals surface area (Å²) < 4.78 is 0. The van der Waals surface area contributed by atoms with Crippen molar-refractivity contribution in [2.24, 2.45) is 5.73 Å². The molecule has 16 heavy (non-hydrogen) atoms. The molecule has 2 rings (SSSR count). The Hall–Kier alpha value is -1.23. The number of thiocarbonyl (C=S) groups is 1. The van der Waals surface area contributed by atoms with E-state index in [9.17, 15) is 0 Å². The van der Waals surface area contributed by atoms with E-state index in [0.29, 0.717) is 16.7 Å². The Bertz CT molecular complexity index is 387. The average molecular weight is 236 g/mol. The van der Waals surface area contributed by atoms with E-state index in [1.807, 2.05) is 7.05 Å². The van der Waals surface area contributed by atoms with Crippen LogP contribution in [0.5, 0.6) is 0 Å². The van der Waals surface area contributed by atoms with Crippen LogP contribution >= 0.6 is 12.2 Å². The molecule has 1 saturated carbocycles. The van der Waals surface area contributed by atoms with E-state index >= 15 is 0 Å². The number of anilines is 1. The third-order valence-electron chi connectivity index (χ3n) is 3.12. The quantitative estimate of drug-likeness (QED) is 0.806. The Labute approximate surface area is 101 Å². The van der Waals surface area contributed by atoms with E-state index in [1.165, 1.54) is 25.7 Å². The second kappa shape index (κ2) is 4.74. The molecule has 0 aromatic carbocycles. The highest BCUT2D eigenvalue weighted by molar-refractivity contribution is 7.80. The van der Waals surface area contributed by atoms with E-state index in [0.717, 1.165) is 5.82 Å². The first-order valence-electron chi connectivity index (χ1n) is 5.54. The van der Waals surface area contributed by atoms with Gasteiger partial charge in [-0.1, -0.05) is 25.1 Å². The molecule has 0 aliphatic heterocycles. The predicted octanol–water partition coefficient (Wildman–Crippen LogP) is 1.49. The van der Waals surface area contributed by atoms with Gasteiger partial charge in [-0.05, 0) is 12.8 Å². The van der Waals surface area contributed by atoms with Crippen LogP contribution < -0.4 is 10.6 Å². The lowest BCUT2D eigenvalue weighted by Crippen LogP contribution is -2.32. The lowest BCUT2D eigenvalue weighted by atomic mass is 10.2. The molecule has 0 amide bonds. The van der Waals surface area contributed by atoms with Crippen LogP contribution in [-0.2, 0) is 0 Å². The predicted molar refractivity (Wildman–Crippen MR) is 68.6 cm³/mol. The number of nitrogens with zero attached hydrogens (tertiary/aromatic N) is 3. The van der Waals surface area contributed by atoms with Crippen molar-refractivity contribution in [2.75, 3.05) is 11.9 Å². The molecule has 0 unspecified atom stereocenters. The number of aromatic nitrogens is 2. The Morgan fingerprint density at radius 2 is 2.00 bits per heavy atom. The third kappa shape index (κ3) is 2.14. The van der Waals surface area contributed by atoms with E-state index in [4.69, 9.17) is 18.0 Å². The third-order valence-corrected chi connectivity index (χ3v) is 3.31. The van der Waals surface area contributed by atoms with Crippen molar-refractivity contribution in [3.8, 4) is 0 Å². The Morgan fingerprint density at radius 3 is 2.62 bits per heavy atom. The average Bonchev–Trinajstić information content (AvgIpc) is 2.81. The minimum Gasteiger partial charge on any atom is -0.388 e. The van der Waals surface area contributed by atoms with E-state index in [-0.39, 0.29) is 0 Å². The summed E-state index contributed by atoms with van der Waals surface area (Å²) in [5.41, 5.74) is 6.28. The lowest BCUT2D eigenvalue weighted by Gasteiger charge is -2.26. The van der Waals surface area contributed by atoms with Gasteiger partial charge in [-0.3, -0.25) is 0 Å². The molecule has 2 N–H and O–H groups in total. The summed E-state index contributed by atoms with van der Waals surface area (Å²) in [6, 6.07) is 0.546. The maximum absolute atomic E-state index is 5.65. The Balaban J connectivity index is 2.27. The number of rotatable bonds is 3. The van der Waals surface area contributed by atoms with Gasteiger partial charge in [0.2, 0.25) is 0 Å². The SMILES string of the molecule is CN(c1nccnc1C(N)=S)C1CCCC1. The topological polar surface area (TPSA) is 55.0 Å². The van der Waals surface area contributed by atoms with Gasteiger partial charge in [0.1, 0.15) is 10.7 Å². The molecule has 5 heteroatoms. The van der Waals surface area contributed by atoms with Gasteiger partial charge < -0.3 is 10.6 Å². The number of nitrogens with two attached hydrogens (primary N) is 1. The van der Waals surface area contributed by atoms with Crippen LogP contribution in [0.4, 0.5) is 5.82 Å². The van der Waals surface area contributed by atoms with Crippen LogP contribution in [0.2, 0.25) is 0 Å². The maximum Gasteiger partial charge on any atom is 0.157 e. The van der Waals surface area contributed by atoms with Crippen molar-refractivity contribution in [1.82, 2.24) is 9.97 Å². The van der Waals surface area contributed by atoms with Gasteiger partial charge >= 0.3 is 0 Å². The summed E-state index contributed by atoms with van der Waals surface area (Å²) >= 11 is 4.99. The van der Waals surface area contributed by atoms with Gasteiger partial charge in [-0.25, -0.2) is 9.97 Å². The molecule has 0 atom stereocenters. The largest absolute Gasteiger partial charge is 0.388 e. The van der Waals surface area contributed by atoms with Gasteiger partial charge in [-0.2, -0.15) is 0 Å². The summed E-state index contributed by atoms with van der Waals surface area (Å²) in [5.74, 6) is 0.807. The van der Waals surface area contributed by atoms with Crippen molar-refractivity contribution in [3.63, 3.8) is 0 Å². The molecule has 0 spiro atoms. The maximum atomic E-state index is 5.65. The first-order chi connectivity index (χ1) is 7.70. The van der Waals surface area contributed by atoms with Gasteiger partial charge in [-0.15, -0.1) is 0 Å². The second-order valence-corrected chi connectivity index (χ2v) is 4.58. The number of hydrogen-bond donors (Lipinski definition) is 1. The summed E-state index contributed by atoms with van der Waals surface area (Å²) in [6.45, 7) is 0. The zero-order chi connectivity index (χ0) is 11.5. The van der Waals surface area contributed by atoms with E-state index < -0.39 is 0 Å². The van der Waals surface area contributed by atoms with Crippen molar-refractivity contribution in [1.29, 1.82) is 0 Å². The molecule has 1 heterocycles. The second-order valence-electron chi connectivity index (χ2n) is 4.14. The van der Waals surface area contributed by atoms with Crippen LogP contribution in [0.25, 0.3) is 0 Å². The summed E-state index contributed by atoms with van der Waals surface area (Å²) in [6.07, 6.45) is 8.31. The van der Waals surface area contributed by atoms with Crippen LogP contribution in [0, 0.1) is 0 Å². The molecule has 1 fully saturated rings. The van der Waals surface area contributed by atoms with Crippen LogP contribution in [0.3, 0.4) is 0 Å². The van der Waals surface area contributed by atoms with Gasteiger partial charge in [0, 0.05) is 25.5 Å². The van der Waals surface area contributed by atoms with Gasteiger partial charge in [0.15, 0.2) is 5.82 Å². The molecule has 0 radical (unpaired) electrons. The van der Waals surface area contributed by atoms with Crippen LogP contribution in [0.1, 0.15) is 31.4 Å². The van der Waals surface area contributed by atoms with Crippen molar-refractivity contribution < 1.29 is 0 Å². The fraction of sp³-hybridized carbons (Fsp3) is 0.545. The zero-order valence-electron chi connectivity index (χ0n) is 9.39. The fourth-order valence-corrected chi connectivity index (χ4v) is 2.37. The highest BCUT2D eigenvalue weighted by Gasteiger charge is 2.23. The highest BCUT2D eigenvalue weighted by Crippen LogP contribution is 2.26. The van der Waals surface area contributed by atoms with Gasteiger partial charge in [0.25, 0.3) is 0 Å². The summed E-state index contributed by atoms with van der Waals surface area (Å²) in [4.78, 5) is 11.0. The molecule has 4 nitrogen and oxygen atoms in total. The Kier molecular flexibility index (Phi) is 3.33. The molecular weight excluding hydrogens is 220 g/mol. The van der Waals surface area contributed by atoms with Gasteiger partial charge in [0.05, 0.1) is 0 Å². The van der Waals surface area contributed by atoms with E-state index in [1.54, 1.807) is 12.4 Å². The molecule has 86 valence electrons. The normalized spacial score (nSPS) is 16.3. The molecule has 1 aliphatic rings. The minimum absolute atomic E-state index is 0.313. The van der Waals surface area contributed by atoms with Crippen LogP contribution in [0.15, 0.2) is 12.4 Å². The van der Waals surface area contributed by atoms with Crippen molar-refractivity contribution in [3.05, 3.63) is 18.1 Å². The number of hydrogen-bond acceptors (Lipinski definition) is 4. The van der Waals surface area contributed by atoms with E-state index in [2.05, 4.69) is 14.9 Å².